The van der Waals surface area contributed by atoms with Gasteiger partial charge in [-0.25, -0.2) is 9.59 Å². The third-order valence-electron chi connectivity index (χ3n) is 2.31. The van der Waals surface area contributed by atoms with E-state index in [0.29, 0.717) is 0 Å². The van der Waals surface area contributed by atoms with Crippen LogP contribution in [-0.2, 0) is 4.79 Å². The number of hydrogen-bond donors (Lipinski definition) is 2. The first kappa shape index (κ1) is 13.7. The van der Waals surface area contributed by atoms with Gasteiger partial charge in [-0.3, -0.25) is 0 Å². The molecule has 0 saturated heterocycles. The number of nitrogens with zero attached hydrogens (tertiary/aromatic N) is 1. The van der Waals surface area contributed by atoms with Gasteiger partial charge in [-0.2, -0.15) is 0 Å². The van der Waals surface area contributed by atoms with E-state index >= 15 is 0 Å². The lowest BCUT2D eigenvalue weighted by Crippen LogP contribution is -2.50. The Morgan fingerprint density at radius 1 is 1.20 bits per heavy atom. The van der Waals surface area contributed by atoms with Gasteiger partial charge in [0.15, 0.2) is 0 Å². The SMILES string of the molecule is CC(C)C(NC(=O)N(C)C(C)C)C(=O)O. The number of urea groups is 1. The van der Waals surface area contributed by atoms with E-state index in [1.807, 2.05) is 13.8 Å². The summed E-state index contributed by atoms with van der Waals surface area (Å²) < 4.78 is 0. The normalized spacial score (nSPS) is 12.7. The molecule has 2 N–H and O–H groups in total. The Hall–Kier alpha value is -1.26. The predicted molar refractivity (Wildman–Crippen MR) is 57.7 cm³/mol. The van der Waals surface area contributed by atoms with Crippen molar-refractivity contribution in [1.29, 1.82) is 0 Å². The van der Waals surface area contributed by atoms with Crippen molar-refractivity contribution in [2.24, 2.45) is 5.92 Å². The van der Waals surface area contributed by atoms with Gasteiger partial charge in [-0.15, -0.1) is 0 Å². The number of rotatable bonds is 4. The summed E-state index contributed by atoms with van der Waals surface area (Å²) in [5.41, 5.74) is 0. The molecule has 1 unspecified atom stereocenters. The Bertz CT molecular complexity index is 239. The van der Waals surface area contributed by atoms with Crippen molar-refractivity contribution in [3.63, 3.8) is 0 Å². The van der Waals surface area contributed by atoms with Crippen LogP contribution in [0.5, 0.6) is 0 Å². The van der Waals surface area contributed by atoms with Crippen molar-refractivity contribution < 1.29 is 14.7 Å². The van der Waals surface area contributed by atoms with Crippen molar-refractivity contribution in [3.05, 3.63) is 0 Å². The molecule has 0 heterocycles. The first-order valence-electron chi connectivity index (χ1n) is 5.03. The molecule has 0 aromatic rings. The molecule has 0 fully saturated rings. The van der Waals surface area contributed by atoms with Crippen LogP contribution < -0.4 is 5.32 Å². The average Bonchev–Trinajstić information content (AvgIpc) is 2.11. The monoisotopic (exact) mass is 216 g/mol. The van der Waals surface area contributed by atoms with Crippen LogP contribution in [0.2, 0.25) is 0 Å². The molecular weight excluding hydrogens is 196 g/mol. The lowest BCUT2D eigenvalue weighted by molar-refractivity contribution is -0.140. The molecule has 0 saturated carbocycles. The second-order valence-electron chi connectivity index (χ2n) is 4.21. The second kappa shape index (κ2) is 5.58. The molecule has 2 amide bonds. The molecule has 5 nitrogen and oxygen atoms in total. The first-order chi connectivity index (χ1) is 6.77. The van der Waals surface area contributed by atoms with Gasteiger partial charge in [-0.1, -0.05) is 13.8 Å². The Morgan fingerprint density at radius 2 is 1.67 bits per heavy atom. The predicted octanol–water partition coefficient (Wildman–Crippen LogP) is 1.15. The summed E-state index contributed by atoms with van der Waals surface area (Å²) >= 11 is 0. The van der Waals surface area contributed by atoms with E-state index in [4.69, 9.17) is 5.11 Å². The lowest BCUT2D eigenvalue weighted by Gasteiger charge is -2.25. The summed E-state index contributed by atoms with van der Waals surface area (Å²) in [5.74, 6) is -1.14. The molecule has 0 rings (SSSR count). The molecule has 0 aliphatic heterocycles. The molecule has 0 aliphatic carbocycles. The van der Waals surface area contributed by atoms with Gasteiger partial charge in [0.1, 0.15) is 6.04 Å². The molecule has 0 bridgehead atoms. The van der Waals surface area contributed by atoms with Gasteiger partial charge >= 0.3 is 12.0 Å². The summed E-state index contributed by atoms with van der Waals surface area (Å²) in [6, 6.07) is -1.14. The maximum atomic E-state index is 11.6. The number of carbonyl (C=O) groups is 2. The summed E-state index contributed by atoms with van der Waals surface area (Å²) in [4.78, 5) is 23.9. The number of carboxylic acids is 1. The Kier molecular flexibility index (Phi) is 5.11. The topological polar surface area (TPSA) is 69.6 Å². The van der Waals surface area contributed by atoms with Crippen LogP contribution >= 0.6 is 0 Å². The highest BCUT2D eigenvalue weighted by Gasteiger charge is 2.25. The third kappa shape index (κ3) is 4.18. The molecule has 88 valence electrons. The molecule has 5 heteroatoms. The molecule has 0 spiro atoms. The van der Waals surface area contributed by atoms with Gasteiger partial charge in [-0.05, 0) is 19.8 Å². The van der Waals surface area contributed by atoms with Gasteiger partial charge in [0, 0.05) is 13.1 Å². The van der Waals surface area contributed by atoms with E-state index in [1.165, 1.54) is 4.90 Å². The van der Waals surface area contributed by atoms with E-state index in [1.54, 1.807) is 20.9 Å². The molecule has 0 radical (unpaired) electrons. The van der Waals surface area contributed by atoms with Crippen LogP contribution in [0.25, 0.3) is 0 Å². The van der Waals surface area contributed by atoms with Crippen LogP contribution in [0.3, 0.4) is 0 Å². The maximum absolute atomic E-state index is 11.6. The van der Waals surface area contributed by atoms with Gasteiger partial charge in [0.2, 0.25) is 0 Å². The molecule has 1 atom stereocenters. The van der Waals surface area contributed by atoms with Gasteiger partial charge in [0.25, 0.3) is 0 Å². The van der Waals surface area contributed by atoms with Crippen molar-refractivity contribution in [3.8, 4) is 0 Å². The highest BCUT2D eigenvalue weighted by molar-refractivity contribution is 5.82. The Labute approximate surface area is 90.5 Å². The smallest absolute Gasteiger partial charge is 0.326 e. The fraction of sp³-hybridized carbons (Fsp3) is 0.800. The zero-order valence-electron chi connectivity index (χ0n) is 9.94. The fourth-order valence-electron chi connectivity index (χ4n) is 0.983. The number of nitrogens with one attached hydrogen (secondary N) is 1. The Morgan fingerprint density at radius 3 is 1.93 bits per heavy atom. The Balaban J connectivity index is 4.43. The maximum Gasteiger partial charge on any atom is 0.326 e. The quantitative estimate of drug-likeness (QED) is 0.740. The minimum atomic E-state index is -1.00. The first-order valence-corrected chi connectivity index (χ1v) is 5.03. The van der Waals surface area contributed by atoms with Gasteiger partial charge in [0.05, 0.1) is 0 Å². The fourth-order valence-corrected chi connectivity index (χ4v) is 0.983. The summed E-state index contributed by atoms with van der Waals surface area (Å²) in [6.45, 7) is 7.25. The van der Waals surface area contributed by atoms with Crippen molar-refractivity contribution in [2.75, 3.05) is 7.05 Å². The van der Waals surface area contributed by atoms with E-state index in [-0.39, 0.29) is 18.0 Å². The highest BCUT2D eigenvalue weighted by atomic mass is 16.4. The van der Waals surface area contributed by atoms with Crippen LogP contribution in [-0.4, -0.2) is 41.1 Å². The minimum absolute atomic E-state index is 0.0478. The summed E-state index contributed by atoms with van der Waals surface area (Å²) in [7, 11) is 1.64. The van der Waals surface area contributed by atoms with Crippen LogP contribution in [0, 0.1) is 5.92 Å². The lowest BCUT2D eigenvalue weighted by atomic mass is 10.1. The van der Waals surface area contributed by atoms with E-state index in [0.717, 1.165) is 0 Å². The van der Waals surface area contributed by atoms with Crippen molar-refractivity contribution in [1.82, 2.24) is 10.2 Å². The average molecular weight is 216 g/mol. The van der Waals surface area contributed by atoms with E-state index in [2.05, 4.69) is 5.32 Å². The molecule has 0 aliphatic rings. The molecule has 0 aromatic carbocycles. The number of carboxylic acid groups (broad SMARTS) is 1. The number of aliphatic carboxylic acids is 1. The minimum Gasteiger partial charge on any atom is -0.480 e. The van der Waals surface area contributed by atoms with Crippen molar-refractivity contribution in [2.45, 2.75) is 39.8 Å². The largest absolute Gasteiger partial charge is 0.480 e. The third-order valence-corrected chi connectivity index (χ3v) is 2.31. The second-order valence-corrected chi connectivity index (χ2v) is 4.21. The zero-order valence-corrected chi connectivity index (χ0v) is 9.94. The number of hydrogen-bond acceptors (Lipinski definition) is 2. The van der Waals surface area contributed by atoms with Crippen LogP contribution in [0.15, 0.2) is 0 Å². The van der Waals surface area contributed by atoms with Crippen LogP contribution in [0.1, 0.15) is 27.7 Å². The van der Waals surface area contributed by atoms with E-state index in [9.17, 15) is 9.59 Å². The van der Waals surface area contributed by atoms with E-state index < -0.39 is 12.0 Å². The van der Waals surface area contributed by atoms with Gasteiger partial charge < -0.3 is 15.3 Å². The number of amides is 2. The number of carbonyl (C=O) groups excluding carboxylic acids is 1. The molecule has 0 aromatic heterocycles. The summed E-state index contributed by atoms with van der Waals surface area (Å²) in [6.07, 6.45) is 0. The standard InChI is InChI=1S/C10H20N2O3/c1-6(2)8(9(13)14)11-10(15)12(5)7(3)4/h6-8H,1-5H3,(H,11,15)(H,13,14). The van der Waals surface area contributed by atoms with Crippen LogP contribution in [0.4, 0.5) is 4.79 Å². The van der Waals surface area contributed by atoms with Crippen molar-refractivity contribution >= 4 is 12.0 Å². The molecule has 15 heavy (non-hydrogen) atoms. The highest BCUT2D eigenvalue weighted by Crippen LogP contribution is 2.03. The molecular formula is C10H20N2O3. The zero-order chi connectivity index (χ0) is 12.2. The summed E-state index contributed by atoms with van der Waals surface area (Å²) in [5, 5.41) is 11.4.